The Morgan fingerprint density at radius 2 is 2.00 bits per heavy atom. The molecule has 3 rings (SSSR count). The molecule has 2 heterocycles. The molecule has 0 spiro atoms. The van der Waals surface area contributed by atoms with Crippen LogP contribution < -0.4 is 0 Å². The van der Waals surface area contributed by atoms with E-state index >= 15 is 0 Å². The molecule has 19 heavy (non-hydrogen) atoms. The van der Waals surface area contributed by atoms with Crippen LogP contribution in [0.4, 0.5) is 0 Å². The van der Waals surface area contributed by atoms with Gasteiger partial charge in [-0.1, -0.05) is 12.2 Å². The fourth-order valence-corrected chi connectivity index (χ4v) is 3.83. The van der Waals surface area contributed by atoms with Crippen molar-refractivity contribution >= 4 is 0 Å². The van der Waals surface area contributed by atoms with Crippen LogP contribution in [0.3, 0.4) is 0 Å². The second kappa shape index (κ2) is 5.94. The summed E-state index contributed by atoms with van der Waals surface area (Å²) in [5.41, 5.74) is 0. The predicted octanol–water partition coefficient (Wildman–Crippen LogP) is 2.71. The summed E-state index contributed by atoms with van der Waals surface area (Å²) < 4.78 is 13.3. The molecule has 3 aliphatic rings. The minimum Gasteiger partial charge on any atom is -0.349 e. The molecule has 0 amide bonds. The van der Waals surface area contributed by atoms with Gasteiger partial charge in [-0.2, -0.15) is 0 Å². The quantitative estimate of drug-likeness (QED) is 0.577. The minimum atomic E-state index is 0.0614. The molecular formula is C16H28NO2+. The first kappa shape index (κ1) is 13.6. The molecule has 0 aromatic rings. The van der Waals surface area contributed by atoms with Crippen LogP contribution in [0, 0.1) is 5.92 Å². The summed E-state index contributed by atoms with van der Waals surface area (Å²) in [6, 6.07) is 0. The first-order chi connectivity index (χ1) is 9.25. The van der Waals surface area contributed by atoms with Crippen LogP contribution in [0.2, 0.25) is 0 Å². The van der Waals surface area contributed by atoms with Crippen molar-refractivity contribution in [3.63, 3.8) is 0 Å². The van der Waals surface area contributed by atoms with Gasteiger partial charge in [0.1, 0.15) is 12.6 Å². The second-order valence-electron chi connectivity index (χ2n) is 6.81. The first-order valence-corrected chi connectivity index (χ1v) is 8.01. The molecule has 2 fully saturated rings. The van der Waals surface area contributed by atoms with Gasteiger partial charge in [0.2, 0.25) is 0 Å². The van der Waals surface area contributed by atoms with Gasteiger partial charge in [0.15, 0.2) is 6.29 Å². The van der Waals surface area contributed by atoms with E-state index in [0.717, 1.165) is 19.6 Å². The van der Waals surface area contributed by atoms with E-state index in [1.54, 1.807) is 0 Å². The standard InChI is InChI=1S/C16H28NO2/c1-17(10-6-3-7-11-17)12-15-13-18-16(19-15)14-8-4-2-5-9-14/h2,4,14-16H,3,5-13H2,1H3/q+1. The van der Waals surface area contributed by atoms with Crippen LogP contribution >= 0.6 is 0 Å². The van der Waals surface area contributed by atoms with Crippen molar-refractivity contribution in [1.82, 2.24) is 0 Å². The van der Waals surface area contributed by atoms with Crippen LogP contribution in [0.1, 0.15) is 38.5 Å². The van der Waals surface area contributed by atoms with Crippen LogP contribution in [0.15, 0.2) is 12.2 Å². The summed E-state index contributed by atoms with van der Waals surface area (Å²) in [7, 11) is 2.39. The number of hydrogen-bond acceptors (Lipinski definition) is 2. The lowest BCUT2D eigenvalue weighted by molar-refractivity contribution is -0.916. The third-order valence-electron chi connectivity index (χ3n) is 5.01. The van der Waals surface area contributed by atoms with Gasteiger partial charge < -0.3 is 14.0 Å². The monoisotopic (exact) mass is 266 g/mol. The lowest BCUT2D eigenvalue weighted by Crippen LogP contribution is -2.52. The molecule has 0 bridgehead atoms. The summed E-state index contributed by atoms with van der Waals surface area (Å²) in [4.78, 5) is 0. The highest BCUT2D eigenvalue weighted by atomic mass is 16.7. The van der Waals surface area contributed by atoms with Crippen LogP contribution in [-0.4, -0.2) is 50.2 Å². The molecule has 0 N–H and O–H groups in total. The van der Waals surface area contributed by atoms with Crippen molar-refractivity contribution < 1.29 is 14.0 Å². The van der Waals surface area contributed by atoms with Gasteiger partial charge in [-0.05, 0) is 38.5 Å². The van der Waals surface area contributed by atoms with E-state index < -0.39 is 0 Å². The Bertz CT molecular complexity index is 323. The topological polar surface area (TPSA) is 18.5 Å². The minimum absolute atomic E-state index is 0.0614. The summed E-state index contributed by atoms with van der Waals surface area (Å²) in [6.07, 6.45) is 12.6. The zero-order valence-electron chi connectivity index (χ0n) is 12.2. The molecule has 1 aliphatic carbocycles. The number of nitrogens with zero attached hydrogens (tertiary/aromatic N) is 1. The maximum atomic E-state index is 6.20. The Morgan fingerprint density at radius 1 is 1.16 bits per heavy atom. The molecule has 3 atom stereocenters. The predicted molar refractivity (Wildman–Crippen MR) is 75.7 cm³/mol. The summed E-state index contributed by atoms with van der Waals surface area (Å²) in [6.45, 7) is 4.57. The Morgan fingerprint density at radius 3 is 2.74 bits per heavy atom. The number of piperidine rings is 1. The molecule has 0 aromatic heterocycles. The van der Waals surface area contributed by atoms with Gasteiger partial charge in [0.25, 0.3) is 0 Å². The fraction of sp³-hybridized carbons (Fsp3) is 0.875. The molecule has 2 aliphatic heterocycles. The SMILES string of the molecule is C[N+]1(CC2COC(C3CC=CCC3)O2)CCCCC1. The number of hydrogen-bond donors (Lipinski definition) is 0. The average molecular weight is 266 g/mol. The number of allylic oxidation sites excluding steroid dienone is 2. The van der Waals surface area contributed by atoms with Crippen molar-refractivity contribution in [3.05, 3.63) is 12.2 Å². The lowest BCUT2D eigenvalue weighted by atomic mass is 9.94. The molecule has 3 unspecified atom stereocenters. The Labute approximate surface area is 117 Å². The van der Waals surface area contributed by atoms with E-state index in [-0.39, 0.29) is 6.29 Å². The highest BCUT2D eigenvalue weighted by Gasteiger charge is 2.37. The zero-order valence-corrected chi connectivity index (χ0v) is 12.2. The van der Waals surface area contributed by atoms with E-state index in [2.05, 4.69) is 19.2 Å². The van der Waals surface area contributed by atoms with Gasteiger partial charge in [0.05, 0.1) is 26.7 Å². The summed E-state index contributed by atoms with van der Waals surface area (Å²) >= 11 is 0. The van der Waals surface area contributed by atoms with E-state index in [1.807, 2.05) is 0 Å². The van der Waals surface area contributed by atoms with E-state index in [9.17, 15) is 0 Å². The number of likely N-dealkylation sites (tertiary alicyclic amines) is 1. The second-order valence-corrected chi connectivity index (χ2v) is 6.81. The maximum absolute atomic E-state index is 6.20. The molecule has 108 valence electrons. The summed E-state index contributed by atoms with van der Waals surface area (Å²) in [5.74, 6) is 0.585. The van der Waals surface area contributed by atoms with Gasteiger partial charge in [-0.25, -0.2) is 0 Å². The van der Waals surface area contributed by atoms with Gasteiger partial charge >= 0.3 is 0 Å². The molecule has 0 radical (unpaired) electrons. The Hall–Kier alpha value is -0.380. The molecule has 2 saturated heterocycles. The van der Waals surface area contributed by atoms with Crippen molar-refractivity contribution in [2.75, 3.05) is 33.3 Å². The molecule has 0 aromatic carbocycles. The summed E-state index contributed by atoms with van der Waals surface area (Å²) in [5, 5.41) is 0. The molecule has 0 saturated carbocycles. The van der Waals surface area contributed by atoms with E-state index in [4.69, 9.17) is 9.47 Å². The molecular weight excluding hydrogens is 238 g/mol. The van der Waals surface area contributed by atoms with Crippen molar-refractivity contribution in [1.29, 1.82) is 0 Å². The highest BCUT2D eigenvalue weighted by molar-refractivity contribution is 4.91. The Balaban J connectivity index is 1.49. The lowest BCUT2D eigenvalue weighted by Gasteiger charge is -2.39. The number of rotatable bonds is 3. The average Bonchev–Trinajstić information content (AvgIpc) is 2.88. The number of ether oxygens (including phenoxy) is 2. The normalized spacial score (nSPS) is 38.5. The number of quaternary nitrogens is 1. The third kappa shape index (κ3) is 3.39. The van der Waals surface area contributed by atoms with E-state index in [0.29, 0.717) is 12.0 Å². The van der Waals surface area contributed by atoms with Gasteiger partial charge in [-0.3, -0.25) is 0 Å². The van der Waals surface area contributed by atoms with Crippen molar-refractivity contribution in [3.8, 4) is 0 Å². The van der Waals surface area contributed by atoms with Crippen LogP contribution in [0.5, 0.6) is 0 Å². The van der Waals surface area contributed by atoms with Crippen molar-refractivity contribution in [2.24, 2.45) is 5.92 Å². The van der Waals surface area contributed by atoms with E-state index in [1.165, 1.54) is 49.7 Å². The van der Waals surface area contributed by atoms with Crippen molar-refractivity contribution in [2.45, 2.75) is 50.9 Å². The third-order valence-corrected chi connectivity index (χ3v) is 5.01. The van der Waals surface area contributed by atoms with Crippen LogP contribution in [-0.2, 0) is 9.47 Å². The smallest absolute Gasteiger partial charge is 0.161 e. The fourth-order valence-electron chi connectivity index (χ4n) is 3.83. The highest BCUT2D eigenvalue weighted by Crippen LogP contribution is 2.30. The zero-order chi connectivity index (χ0) is 13.1. The maximum Gasteiger partial charge on any atom is 0.161 e. The molecule has 3 nitrogen and oxygen atoms in total. The van der Waals surface area contributed by atoms with Gasteiger partial charge in [-0.15, -0.1) is 0 Å². The Kier molecular flexibility index (Phi) is 4.25. The largest absolute Gasteiger partial charge is 0.349 e. The van der Waals surface area contributed by atoms with Crippen LogP contribution in [0.25, 0.3) is 0 Å². The first-order valence-electron chi connectivity index (χ1n) is 8.01. The van der Waals surface area contributed by atoms with Gasteiger partial charge in [0, 0.05) is 5.92 Å². The number of likely N-dealkylation sites (N-methyl/N-ethyl adjacent to an activating group) is 1. The molecule has 3 heteroatoms.